The van der Waals surface area contributed by atoms with Gasteiger partial charge in [-0.15, -0.1) is 0 Å². The molecule has 3 aliphatic rings. The molecule has 21 heavy (non-hydrogen) atoms. The summed E-state index contributed by atoms with van der Waals surface area (Å²) in [5.41, 5.74) is -1.54. The van der Waals surface area contributed by atoms with Gasteiger partial charge in [-0.05, 0) is 27.7 Å². The van der Waals surface area contributed by atoms with Gasteiger partial charge >= 0.3 is 18.1 Å². The fourth-order valence-corrected chi connectivity index (χ4v) is 3.21. The van der Waals surface area contributed by atoms with Gasteiger partial charge in [0.2, 0.25) is 0 Å². The van der Waals surface area contributed by atoms with Crippen molar-refractivity contribution in [2.45, 2.75) is 46.0 Å². The van der Waals surface area contributed by atoms with Crippen molar-refractivity contribution in [3.05, 3.63) is 0 Å². The van der Waals surface area contributed by atoms with Crippen LogP contribution in [0.3, 0.4) is 0 Å². The summed E-state index contributed by atoms with van der Waals surface area (Å²) in [5, 5.41) is 0. The van der Waals surface area contributed by atoms with Crippen LogP contribution in [0.5, 0.6) is 0 Å². The van der Waals surface area contributed by atoms with Crippen LogP contribution < -0.4 is 0 Å². The molecule has 0 aromatic heterocycles. The van der Waals surface area contributed by atoms with Crippen molar-refractivity contribution in [1.82, 2.24) is 0 Å². The van der Waals surface area contributed by atoms with E-state index in [0.717, 1.165) is 0 Å². The molecule has 0 spiro atoms. The van der Waals surface area contributed by atoms with Gasteiger partial charge in [0.1, 0.15) is 18.1 Å². The molecule has 1 aliphatic carbocycles. The number of ether oxygens (including phenoxy) is 4. The predicted octanol–water partition coefficient (Wildman–Crippen LogP) is 1.04. The molecular weight excluding hydrogens is 280 g/mol. The molecule has 2 heterocycles. The Morgan fingerprint density at radius 3 is 2.52 bits per heavy atom. The zero-order valence-corrected chi connectivity index (χ0v) is 12.4. The summed E-state index contributed by atoms with van der Waals surface area (Å²) in [7, 11) is 0. The number of fused-ring (bicyclic) bond motifs is 4. The lowest BCUT2D eigenvalue weighted by atomic mass is 9.56. The molecule has 116 valence electrons. The van der Waals surface area contributed by atoms with Gasteiger partial charge < -0.3 is 18.9 Å². The summed E-state index contributed by atoms with van der Waals surface area (Å²) in [6.07, 6.45) is -2.48. The molecule has 1 saturated carbocycles. The highest BCUT2D eigenvalue weighted by Crippen LogP contribution is 2.59. The molecule has 3 rings (SSSR count). The number of esters is 2. The molecule has 7 heteroatoms. The van der Waals surface area contributed by atoms with Gasteiger partial charge in [-0.25, -0.2) is 4.79 Å². The van der Waals surface area contributed by atoms with Crippen molar-refractivity contribution < 1.29 is 33.3 Å². The van der Waals surface area contributed by atoms with Gasteiger partial charge in [0.25, 0.3) is 0 Å². The zero-order valence-electron chi connectivity index (χ0n) is 12.4. The maximum atomic E-state index is 12.0. The van der Waals surface area contributed by atoms with E-state index in [1.807, 2.05) is 0 Å². The molecule has 5 atom stereocenters. The third-order valence-electron chi connectivity index (χ3n) is 4.48. The van der Waals surface area contributed by atoms with Crippen LogP contribution in [-0.4, -0.2) is 43.0 Å². The van der Waals surface area contributed by atoms with Crippen molar-refractivity contribution in [2.75, 3.05) is 6.61 Å². The van der Waals surface area contributed by atoms with Crippen molar-refractivity contribution >= 4 is 18.1 Å². The highest BCUT2D eigenvalue weighted by atomic mass is 16.8. The summed E-state index contributed by atoms with van der Waals surface area (Å²) in [6.45, 7) is 6.88. The van der Waals surface area contributed by atoms with E-state index in [4.69, 9.17) is 18.9 Å². The molecule has 0 unspecified atom stereocenters. The average Bonchev–Trinajstić information content (AvgIpc) is 2.81. The molecule has 2 saturated heterocycles. The largest absolute Gasteiger partial charge is 0.509 e. The van der Waals surface area contributed by atoms with Gasteiger partial charge in [-0.3, -0.25) is 9.59 Å². The molecular formula is C14H18O7. The summed E-state index contributed by atoms with van der Waals surface area (Å²) in [6, 6.07) is 0. The Balaban J connectivity index is 1.70. The Bertz CT molecular complexity index is 520. The summed E-state index contributed by atoms with van der Waals surface area (Å²) in [4.78, 5) is 35.1. The van der Waals surface area contributed by atoms with Crippen molar-refractivity contribution in [3.63, 3.8) is 0 Å². The van der Waals surface area contributed by atoms with Crippen molar-refractivity contribution in [2.24, 2.45) is 16.7 Å². The maximum absolute atomic E-state index is 12.0. The van der Waals surface area contributed by atoms with Crippen molar-refractivity contribution in [1.29, 1.82) is 0 Å². The van der Waals surface area contributed by atoms with E-state index in [-0.39, 0.29) is 18.5 Å². The summed E-state index contributed by atoms with van der Waals surface area (Å²) >= 11 is 0. The van der Waals surface area contributed by atoms with Crippen LogP contribution in [0.15, 0.2) is 0 Å². The summed E-state index contributed by atoms with van der Waals surface area (Å²) < 4.78 is 20.6. The second-order valence-corrected chi connectivity index (χ2v) is 6.97. The third-order valence-corrected chi connectivity index (χ3v) is 4.48. The Hall–Kier alpha value is -1.79. The van der Waals surface area contributed by atoms with Gasteiger partial charge in [0.05, 0.1) is 11.3 Å². The predicted molar refractivity (Wildman–Crippen MR) is 67.0 cm³/mol. The molecule has 3 fully saturated rings. The Labute approximate surface area is 121 Å². The van der Waals surface area contributed by atoms with E-state index in [9.17, 15) is 14.4 Å². The minimum atomic E-state index is -0.907. The molecule has 0 aromatic carbocycles. The Morgan fingerprint density at radius 1 is 1.24 bits per heavy atom. The molecule has 7 nitrogen and oxygen atoms in total. The van der Waals surface area contributed by atoms with Gasteiger partial charge in [-0.2, -0.15) is 0 Å². The van der Waals surface area contributed by atoms with Gasteiger partial charge in [0, 0.05) is 0 Å². The normalized spacial score (nSPS) is 40.4. The number of carbonyl (C=O) groups is 3. The standard InChI is InChI=1S/C14H18O7/c1-13(2,3)10(15)18-5-6-7-8-9(21-12(17)20-8)14(7,4)11(16)19-6/h6-9H,5H2,1-4H3/t6-,7-,8+,9+,14+/m1/s1. The smallest absolute Gasteiger partial charge is 0.461 e. The minimum Gasteiger partial charge on any atom is -0.461 e. The number of carbonyl (C=O) groups excluding carboxylic acids is 3. The summed E-state index contributed by atoms with van der Waals surface area (Å²) in [5.74, 6) is -1.15. The SMILES string of the molecule is CC(C)(C)C(=O)OC[C@H]1OC(=O)[C@@]2(C)[C@H]1[C@@H]1OC(=O)O[C@@H]12. The first-order chi connectivity index (χ1) is 9.65. The van der Waals surface area contributed by atoms with Crippen LogP contribution in [-0.2, 0) is 28.5 Å². The number of cyclic esters (lactones) is 1. The lowest BCUT2D eigenvalue weighted by Gasteiger charge is -2.46. The monoisotopic (exact) mass is 298 g/mol. The van der Waals surface area contributed by atoms with Crippen LogP contribution in [0.2, 0.25) is 0 Å². The van der Waals surface area contributed by atoms with Crippen LogP contribution in [0.1, 0.15) is 27.7 Å². The lowest BCUT2D eigenvalue weighted by Crippen LogP contribution is -2.64. The zero-order chi connectivity index (χ0) is 15.6. The first kappa shape index (κ1) is 14.2. The van der Waals surface area contributed by atoms with Crippen LogP contribution in [0, 0.1) is 16.7 Å². The van der Waals surface area contributed by atoms with E-state index in [2.05, 4.69) is 0 Å². The Kier molecular flexibility index (Phi) is 2.77. The van der Waals surface area contributed by atoms with E-state index < -0.39 is 41.3 Å². The van der Waals surface area contributed by atoms with Crippen LogP contribution >= 0.6 is 0 Å². The van der Waals surface area contributed by atoms with Crippen LogP contribution in [0.25, 0.3) is 0 Å². The second kappa shape index (κ2) is 4.11. The van der Waals surface area contributed by atoms with E-state index in [1.54, 1.807) is 27.7 Å². The quantitative estimate of drug-likeness (QED) is 0.556. The van der Waals surface area contributed by atoms with E-state index >= 15 is 0 Å². The first-order valence-corrected chi connectivity index (χ1v) is 6.91. The number of hydrogen-bond donors (Lipinski definition) is 0. The Morgan fingerprint density at radius 2 is 1.90 bits per heavy atom. The lowest BCUT2D eigenvalue weighted by molar-refractivity contribution is -0.164. The number of hydrogen-bond acceptors (Lipinski definition) is 7. The topological polar surface area (TPSA) is 88.1 Å². The highest BCUT2D eigenvalue weighted by Gasteiger charge is 2.77. The second-order valence-electron chi connectivity index (χ2n) is 6.97. The molecule has 0 aromatic rings. The van der Waals surface area contributed by atoms with E-state index in [1.165, 1.54) is 0 Å². The highest BCUT2D eigenvalue weighted by molar-refractivity contribution is 5.84. The molecule has 2 aliphatic heterocycles. The first-order valence-electron chi connectivity index (χ1n) is 6.91. The number of rotatable bonds is 2. The minimum absolute atomic E-state index is 0.0388. The maximum Gasteiger partial charge on any atom is 0.509 e. The fraction of sp³-hybridized carbons (Fsp3) is 0.786. The molecule has 0 bridgehead atoms. The van der Waals surface area contributed by atoms with Crippen molar-refractivity contribution in [3.8, 4) is 0 Å². The molecule has 0 radical (unpaired) electrons. The van der Waals surface area contributed by atoms with Gasteiger partial charge in [-0.1, -0.05) is 0 Å². The third kappa shape index (κ3) is 1.82. The molecule has 0 amide bonds. The average molecular weight is 298 g/mol. The fourth-order valence-electron chi connectivity index (χ4n) is 3.21. The van der Waals surface area contributed by atoms with E-state index in [0.29, 0.717) is 0 Å². The molecule has 0 N–H and O–H groups in total. The van der Waals surface area contributed by atoms with Gasteiger partial charge in [0.15, 0.2) is 12.2 Å². The van der Waals surface area contributed by atoms with Crippen LogP contribution in [0.4, 0.5) is 4.79 Å².